The first-order valence-corrected chi connectivity index (χ1v) is 11.4. The van der Waals surface area contributed by atoms with E-state index in [9.17, 15) is 19.2 Å². The Morgan fingerprint density at radius 2 is 1.00 bits per heavy atom. The fourth-order valence-electron chi connectivity index (χ4n) is 3.27. The minimum atomic E-state index is -0.988. The highest BCUT2D eigenvalue weighted by Gasteiger charge is 2.17. The molecular formula is C22H40N2O7. The molecule has 0 aliphatic carbocycles. The average molecular weight is 445 g/mol. The maximum Gasteiger partial charge on any atom is 0.305 e. The van der Waals surface area contributed by atoms with Crippen LogP contribution >= 0.6 is 0 Å². The minimum Gasteiger partial charge on any atom is -0.481 e. The van der Waals surface area contributed by atoms with Gasteiger partial charge in [-0.15, -0.1) is 0 Å². The Morgan fingerprint density at radius 1 is 0.548 bits per heavy atom. The molecule has 0 radical (unpaired) electrons. The van der Waals surface area contributed by atoms with Crippen LogP contribution in [-0.4, -0.2) is 81.7 Å². The van der Waals surface area contributed by atoms with Gasteiger partial charge in [0.05, 0.1) is 19.3 Å². The molecule has 0 aliphatic rings. The molecule has 180 valence electrons. The summed E-state index contributed by atoms with van der Waals surface area (Å²) in [5.74, 6) is -3.05. The Bertz CT molecular complexity index is 522. The molecule has 0 aromatic heterocycles. The summed E-state index contributed by atoms with van der Waals surface area (Å²) in [6, 6.07) is 0. The van der Waals surface area contributed by atoms with Gasteiger partial charge >= 0.3 is 17.9 Å². The molecule has 0 atom stereocenters. The van der Waals surface area contributed by atoms with E-state index in [2.05, 4.69) is 6.92 Å². The lowest BCUT2D eigenvalue weighted by atomic mass is 10.1. The summed E-state index contributed by atoms with van der Waals surface area (Å²) in [7, 11) is 0. The van der Waals surface area contributed by atoms with Gasteiger partial charge in [0.25, 0.3) is 0 Å². The molecule has 0 spiro atoms. The number of hydrogen-bond acceptors (Lipinski definition) is 5. The topological polar surface area (TPSA) is 135 Å². The third-order valence-electron chi connectivity index (χ3n) is 5.16. The number of carboxylic acid groups (broad SMARTS) is 3. The van der Waals surface area contributed by atoms with Crippen LogP contribution in [0.25, 0.3) is 0 Å². The second-order valence-corrected chi connectivity index (χ2v) is 7.88. The van der Waals surface area contributed by atoms with E-state index in [4.69, 9.17) is 15.3 Å². The van der Waals surface area contributed by atoms with Crippen LogP contribution < -0.4 is 0 Å². The highest BCUT2D eigenvalue weighted by atomic mass is 16.4. The van der Waals surface area contributed by atoms with Gasteiger partial charge in [-0.3, -0.25) is 19.2 Å². The summed E-state index contributed by atoms with van der Waals surface area (Å²) in [6.07, 6.45) is 8.87. The fraction of sp³-hybridized carbons (Fsp3) is 0.818. The molecule has 0 fully saturated rings. The van der Waals surface area contributed by atoms with Gasteiger partial charge in [-0.1, -0.05) is 51.9 Å². The van der Waals surface area contributed by atoms with Crippen molar-refractivity contribution in [1.29, 1.82) is 0 Å². The molecule has 3 N–H and O–H groups in total. The zero-order chi connectivity index (χ0) is 23.5. The van der Waals surface area contributed by atoms with E-state index in [1.807, 2.05) is 0 Å². The number of nitrogens with zero attached hydrogens (tertiary/aromatic N) is 2. The Hall–Kier alpha value is -2.16. The van der Waals surface area contributed by atoms with Crippen LogP contribution in [0.15, 0.2) is 0 Å². The summed E-state index contributed by atoms with van der Waals surface area (Å²) in [5.41, 5.74) is 0. The Labute approximate surface area is 185 Å². The Kier molecular flexibility index (Phi) is 17.3. The molecule has 0 bridgehead atoms. The standard InChI is InChI=1S/C22H40N2O7/c1-2-3-4-5-6-7-8-9-10-19(25)24(16-13-22(30)31)18-17-23(14-11-20(26)27)15-12-21(28)29/h2-18H2,1H3,(H,26,27)(H,28,29)(H,30,31). The van der Waals surface area contributed by atoms with Crippen molar-refractivity contribution in [3.8, 4) is 0 Å². The normalized spacial score (nSPS) is 10.9. The first-order valence-electron chi connectivity index (χ1n) is 11.4. The SMILES string of the molecule is CCCCCCCCCCC(=O)N(CCC(=O)O)CCN(CCC(=O)O)CCC(=O)O. The number of aliphatic carboxylic acids is 3. The van der Waals surface area contributed by atoms with E-state index < -0.39 is 17.9 Å². The van der Waals surface area contributed by atoms with Crippen molar-refractivity contribution in [1.82, 2.24) is 9.80 Å². The van der Waals surface area contributed by atoms with Crippen LogP contribution in [0.5, 0.6) is 0 Å². The van der Waals surface area contributed by atoms with Crippen molar-refractivity contribution in [3.05, 3.63) is 0 Å². The van der Waals surface area contributed by atoms with Gasteiger partial charge < -0.3 is 25.1 Å². The number of hydrogen-bond donors (Lipinski definition) is 3. The third-order valence-corrected chi connectivity index (χ3v) is 5.16. The molecular weight excluding hydrogens is 404 g/mol. The fourth-order valence-corrected chi connectivity index (χ4v) is 3.27. The van der Waals surface area contributed by atoms with Crippen LogP contribution in [0.3, 0.4) is 0 Å². The zero-order valence-electron chi connectivity index (χ0n) is 18.9. The number of unbranched alkanes of at least 4 members (excludes halogenated alkanes) is 7. The quantitative estimate of drug-likeness (QED) is 0.230. The number of rotatable bonds is 21. The first-order chi connectivity index (χ1) is 14.8. The lowest BCUT2D eigenvalue weighted by Crippen LogP contribution is -2.41. The molecule has 9 heteroatoms. The Balaban J connectivity index is 4.53. The number of carboxylic acids is 3. The summed E-state index contributed by atoms with van der Waals surface area (Å²) in [6.45, 7) is 3.20. The molecule has 0 unspecified atom stereocenters. The molecule has 0 aromatic rings. The van der Waals surface area contributed by atoms with Crippen molar-refractivity contribution in [2.75, 3.05) is 32.7 Å². The van der Waals surface area contributed by atoms with Gasteiger partial charge in [0.2, 0.25) is 5.91 Å². The molecule has 1 amide bonds. The summed E-state index contributed by atoms with van der Waals surface area (Å²) in [4.78, 5) is 48.4. The van der Waals surface area contributed by atoms with Crippen LogP contribution in [0, 0.1) is 0 Å². The van der Waals surface area contributed by atoms with Crippen molar-refractivity contribution < 1.29 is 34.5 Å². The molecule has 9 nitrogen and oxygen atoms in total. The monoisotopic (exact) mass is 444 g/mol. The molecule has 0 saturated carbocycles. The second kappa shape index (κ2) is 18.6. The minimum absolute atomic E-state index is 0.0941. The van der Waals surface area contributed by atoms with E-state index >= 15 is 0 Å². The van der Waals surface area contributed by atoms with Crippen LogP contribution in [0.4, 0.5) is 0 Å². The van der Waals surface area contributed by atoms with Gasteiger partial charge in [0, 0.05) is 39.1 Å². The predicted octanol–water partition coefficient (Wildman–Crippen LogP) is 3.07. The van der Waals surface area contributed by atoms with Crippen LogP contribution in [0.2, 0.25) is 0 Å². The highest BCUT2D eigenvalue weighted by Crippen LogP contribution is 2.11. The molecule has 0 aliphatic heterocycles. The van der Waals surface area contributed by atoms with E-state index in [1.165, 1.54) is 37.0 Å². The largest absolute Gasteiger partial charge is 0.481 e. The van der Waals surface area contributed by atoms with Crippen molar-refractivity contribution in [2.45, 2.75) is 84.0 Å². The maximum absolute atomic E-state index is 12.6. The van der Waals surface area contributed by atoms with Crippen LogP contribution in [0.1, 0.15) is 84.0 Å². The van der Waals surface area contributed by atoms with E-state index in [0.29, 0.717) is 13.0 Å². The number of carbonyl (C=O) groups is 4. The van der Waals surface area contributed by atoms with E-state index in [1.54, 1.807) is 4.90 Å². The smallest absolute Gasteiger partial charge is 0.305 e. The van der Waals surface area contributed by atoms with Gasteiger partial charge in [0.15, 0.2) is 0 Å². The van der Waals surface area contributed by atoms with Gasteiger partial charge in [0.1, 0.15) is 0 Å². The van der Waals surface area contributed by atoms with Crippen molar-refractivity contribution in [3.63, 3.8) is 0 Å². The van der Waals surface area contributed by atoms with Crippen molar-refractivity contribution in [2.24, 2.45) is 0 Å². The second-order valence-electron chi connectivity index (χ2n) is 7.88. The molecule has 0 rings (SSSR count). The summed E-state index contributed by atoms with van der Waals surface area (Å²) < 4.78 is 0. The predicted molar refractivity (Wildman–Crippen MR) is 117 cm³/mol. The summed E-state index contributed by atoms with van der Waals surface area (Å²) in [5, 5.41) is 26.7. The zero-order valence-corrected chi connectivity index (χ0v) is 18.9. The Morgan fingerprint density at radius 3 is 1.48 bits per heavy atom. The van der Waals surface area contributed by atoms with Gasteiger partial charge in [-0.05, 0) is 6.42 Å². The average Bonchev–Trinajstić information content (AvgIpc) is 2.70. The molecule has 0 heterocycles. The maximum atomic E-state index is 12.6. The molecule has 0 saturated heterocycles. The van der Waals surface area contributed by atoms with Gasteiger partial charge in [-0.2, -0.15) is 0 Å². The lowest BCUT2D eigenvalue weighted by molar-refractivity contribution is -0.140. The molecule has 0 aromatic carbocycles. The van der Waals surface area contributed by atoms with Crippen LogP contribution in [-0.2, 0) is 19.2 Å². The highest BCUT2D eigenvalue weighted by molar-refractivity contribution is 5.77. The van der Waals surface area contributed by atoms with E-state index in [-0.39, 0.29) is 51.3 Å². The first kappa shape index (κ1) is 28.8. The van der Waals surface area contributed by atoms with Crippen molar-refractivity contribution >= 4 is 23.8 Å². The summed E-state index contributed by atoms with van der Waals surface area (Å²) >= 11 is 0. The third kappa shape index (κ3) is 18.3. The molecule has 31 heavy (non-hydrogen) atoms. The number of amides is 1. The van der Waals surface area contributed by atoms with Gasteiger partial charge in [-0.25, -0.2) is 0 Å². The number of carbonyl (C=O) groups excluding carboxylic acids is 1. The lowest BCUT2D eigenvalue weighted by Gasteiger charge is -2.27. The van der Waals surface area contributed by atoms with E-state index in [0.717, 1.165) is 19.3 Å².